The largest absolute Gasteiger partial charge is 0.357 e. The summed E-state index contributed by atoms with van der Waals surface area (Å²) in [5.74, 6) is 2.15. The van der Waals surface area contributed by atoms with Crippen molar-refractivity contribution in [2.45, 2.75) is 34.1 Å². The molecule has 0 aliphatic heterocycles. The Morgan fingerprint density at radius 1 is 1.30 bits per heavy atom. The van der Waals surface area contributed by atoms with Crippen LogP contribution in [0.25, 0.3) is 0 Å². The molecule has 0 aliphatic rings. The smallest absolute Gasteiger partial charge is 0.191 e. The number of hydrogen-bond acceptors (Lipinski definition) is 2. The molecule has 0 bridgehead atoms. The fraction of sp³-hybridized carbons (Fsp3) is 0.667. The van der Waals surface area contributed by atoms with Crippen LogP contribution >= 0.6 is 35.3 Å². The van der Waals surface area contributed by atoms with Gasteiger partial charge in [-0.2, -0.15) is 0 Å². The van der Waals surface area contributed by atoms with Crippen molar-refractivity contribution in [1.82, 2.24) is 10.6 Å². The molecule has 2 N–H and O–H groups in total. The first-order valence-corrected chi connectivity index (χ1v) is 8.04. The van der Waals surface area contributed by atoms with E-state index in [1.165, 1.54) is 4.88 Å². The van der Waals surface area contributed by atoms with Gasteiger partial charge in [-0.1, -0.05) is 26.8 Å². The highest BCUT2D eigenvalue weighted by Gasteiger charge is 2.06. The van der Waals surface area contributed by atoms with Crippen LogP contribution in [0, 0.1) is 11.8 Å². The van der Waals surface area contributed by atoms with Gasteiger partial charge in [-0.15, -0.1) is 35.3 Å². The van der Waals surface area contributed by atoms with E-state index in [4.69, 9.17) is 0 Å². The monoisotopic (exact) mass is 409 g/mol. The third kappa shape index (κ3) is 8.79. The van der Waals surface area contributed by atoms with Crippen LogP contribution in [0.4, 0.5) is 0 Å². The predicted molar refractivity (Wildman–Crippen MR) is 101 cm³/mol. The van der Waals surface area contributed by atoms with Crippen LogP contribution in [-0.4, -0.2) is 25.6 Å². The molecule has 0 saturated heterocycles. The standard InChI is InChI=1S/C15H27N3S.HI/c1-5-16-15(17-10-12(2)3)18-11-13(4)9-14-7-6-8-19-14;/h6-8,12-13H,5,9-11H2,1-4H3,(H2,16,17,18);1H. The Labute approximate surface area is 144 Å². The minimum Gasteiger partial charge on any atom is -0.357 e. The fourth-order valence-electron chi connectivity index (χ4n) is 1.73. The average Bonchev–Trinajstić information content (AvgIpc) is 2.85. The number of hydrogen-bond donors (Lipinski definition) is 2. The first-order valence-electron chi connectivity index (χ1n) is 7.16. The minimum atomic E-state index is 0. The lowest BCUT2D eigenvalue weighted by atomic mass is 10.1. The summed E-state index contributed by atoms with van der Waals surface area (Å²) in [7, 11) is 0. The summed E-state index contributed by atoms with van der Waals surface area (Å²) in [6.45, 7) is 11.5. The second kappa shape index (κ2) is 11.4. The van der Waals surface area contributed by atoms with Gasteiger partial charge in [0.1, 0.15) is 0 Å². The molecule has 1 rings (SSSR count). The number of nitrogens with zero attached hydrogens (tertiary/aromatic N) is 1. The quantitative estimate of drug-likeness (QED) is 0.409. The number of nitrogens with one attached hydrogen (secondary N) is 2. The van der Waals surface area contributed by atoms with E-state index < -0.39 is 0 Å². The minimum absolute atomic E-state index is 0. The van der Waals surface area contributed by atoms with Crippen molar-refractivity contribution < 1.29 is 0 Å². The van der Waals surface area contributed by atoms with E-state index >= 15 is 0 Å². The Morgan fingerprint density at radius 2 is 2.05 bits per heavy atom. The van der Waals surface area contributed by atoms with Crippen LogP contribution < -0.4 is 10.6 Å². The second-order valence-electron chi connectivity index (χ2n) is 5.38. The van der Waals surface area contributed by atoms with E-state index in [1.54, 1.807) is 0 Å². The van der Waals surface area contributed by atoms with Gasteiger partial charge >= 0.3 is 0 Å². The molecule has 1 aromatic heterocycles. The molecule has 5 heteroatoms. The number of guanidine groups is 1. The molecule has 20 heavy (non-hydrogen) atoms. The number of halogens is 1. The van der Waals surface area contributed by atoms with Crippen molar-refractivity contribution in [3.05, 3.63) is 22.4 Å². The third-order valence-electron chi connectivity index (χ3n) is 2.71. The van der Waals surface area contributed by atoms with Crippen LogP contribution in [0.15, 0.2) is 22.5 Å². The number of rotatable bonds is 7. The Morgan fingerprint density at radius 3 is 2.60 bits per heavy atom. The second-order valence-corrected chi connectivity index (χ2v) is 6.42. The summed E-state index contributed by atoms with van der Waals surface area (Å²) in [4.78, 5) is 6.04. The van der Waals surface area contributed by atoms with Gasteiger partial charge in [-0.25, -0.2) is 0 Å². The van der Waals surface area contributed by atoms with Gasteiger partial charge in [0.05, 0.1) is 0 Å². The maximum absolute atomic E-state index is 4.58. The Balaban J connectivity index is 0.00000361. The predicted octanol–water partition coefficient (Wildman–Crippen LogP) is 3.76. The molecule has 0 saturated carbocycles. The summed E-state index contributed by atoms with van der Waals surface area (Å²) in [6, 6.07) is 4.33. The van der Waals surface area contributed by atoms with Crippen LogP contribution in [-0.2, 0) is 6.42 Å². The molecule has 0 aliphatic carbocycles. The van der Waals surface area contributed by atoms with Crippen molar-refractivity contribution in [3.63, 3.8) is 0 Å². The van der Waals surface area contributed by atoms with Crippen molar-refractivity contribution in [3.8, 4) is 0 Å². The van der Waals surface area contributed by atoms with E-state index in [0.717, 1.165) is 32.0 Å². The highest BCUT2D eigenvalue weighted by Crippen LogP contribution is 2.13. The lowest BCUT2D eigenvalue weighted by Crippen LogP contribution is -2.40. The van der Waals surface area contributed by atoms with Gasteiger partial charge in [0.15, 0.2) is 5.96 Å². The zero-order chi connectivity index (χ0) is 14.1. The molecular formula is C15H28IN3S. The molecule has 0 fully saturated rings. The first kappa shape index (κ1) is 19.7. The molecule has 3 nitrogen and oxygen atoms in total. The Kier molecular flexibility index (Phi) is 11.2. The maximum atomic E-state index is 4.58. The highest BCUT2D eigenvalue weighted by molar-refractivity contribution is 14.0. The highest BCUT2D eigenvalue weighted by atomic mass is 127. The Bertz CT molecular complexity index is 363. The molecule has 1 aromatic rings. The van der Waals surface area contributed by atoms with Crippen molar-refractivity contribution in [2.24, 2.45) is 16.8 Å². The molecule has 1 unspecified atom stereocenters. The van der Waals surface area contributed by atoms with Crippen molar-refractivity contribution in [2.75, 3.05) is 19.6 Å². The average molecular weight is 409 g/mol. The molecule has 0 aromatic carbocycles. The molecule has 1 atom stereocenters. The van der Waals surface area contributed by atoms with Crippen LogP contribution in [0.3, 0.4) is 0 Å². The zero-order valence-electron chi connectivity index (χ0n) is 13.0. The number of thiophene rings is 1. The van der Waals surface area contributed by atoms with Crippen LogP contribution in [0.5, 0.6) is 0 Å². The van der Waals surface area contributed by atoms with E-state index in [9.17, 15) is 0 Å². The molecule has 0 spiro atoms. The lowest BCUT2D eigenvalue weighted by Gasteiger charge is -2.15. The van der Waals surface area contributed by atoms with E-state index in [2.05, 4.69) is 60.8 Å². The summed E-state index contributed by atoms with van der Waals surface area (Å²) < 4.78 is 0. The van der Waals surface area contributed by atoms with Crippen molar-refractivity contribution in [1.29, 1.82) is 0 Å². The third-order valence-corrected chi connectivity index (χ3v) is 3.61. The Hall–Kier alpha value is -0.300. The van der Waals surface area contributed by atoms with Gasteiger partial charge in [0, 0.05) is 24.5 Å². The summed E-state index contributed by atoms with van der Waals surface area (Å²) >= 11 is 1.84. The van der Waals surface area contributed by atoms with Gasteiger partial charge < -0.3 is 10.6 Å². The van der Waals surface area contributed by atoms with E-state index in [0.29, 0.717) is 11.8 Å². The first-order chi connectivity index (χ1) is 9.11. The van der Waals surface area contributed by atoms with Gasteiger partial charge in [0.2, 0.25) is 0 Å². The number of aliphatic imine (C=N–C) groups is 1. The molecule has 0 amide bonds. The fourth-order valence-corrected chi connectivity index (χ4v) is 2.60. The van der Waals surface area contributed by atoms with Gasteiger partial charge in [-0.3, -0.25) is 4.99 Å². The molecule has 0 radical (unpaired) electrons. The topological polar surface area (TPSA) is 36.4 Å². The van der Waals surface area contributed by atoms with Crippen LogP contribution in [0.1, 0.15) is 32.6 Å². The summed E-state index contributed by atoms with van der Waals surface area (Å²) in [5.41, 5.74) is 0. The zero-order valence-corrected chi connectivity index (χ0v) is 16.1. The maximum Gasteiger partial charge on any atom is 0.191 e. The summed E-state index contributed by atoms with van der Waals surface area (Å²) in [5, 5.41) is 8.87. The van der Waals surface area contributed by atoms with E-state index in [1.807, 2.05) is 11.3 Å². The van der Waals surface area contributed by atoms with Crippen molar-refractivity contribution >= 4 is 41.3 Å². The van der Waals surface area contributed by atoms with Gasteiger partial charge in [0.25, 0.3) is 0 Å². The normalized spacial score (nSPS) is 12.9. The van der Waals surface area contributed by atoms with Crippen LogP contribution in [0.2, 0.25) is 0 Å². The lowest BCUT2D eigenvalue weighted by molar-refractivity contribution is 0.560. The van der Waals surface area contributed by atoms with Gasteiger partial charge in [-0.05, 0) is 36.6 Å². The molecular weight excluding hydrogens is 381 g/mol. The molecule has 1 heterocycles. The SMILES string of the molecule is CCNC(=NCC(C)C)NCC(C)Cc1cccs1.I. The summed E-state index contributed by atoms with van der Waals surface area (Å²) in [6.07, 6.45) is 1.13. The van der Waals surface area contributed by atoms with E-state index in [-0.39, 0.29) is 24.0 Å². The molecule has 116 valence electrons.